The average Bonchev–Trinajstić information content (AvgIpc) is 2.28. The number of alkyl halides is 2. The highest BCUT2D eigenvalue weighted by molar-refractivity contribution is 9.10. The number of hydrogen-bond acceptors (Lipinski definition) is 4. The number of nitrogens with zero attached hydrogens (tertiary/aromatic N) is 2. The van der Waals surface area contributed by atoms with E-state index in [9.17, 15) is 13.6 Å². The van der Waals surface area contributed by atoms with Gasteiger partial charge in [0.15, 0.2) is 0 Å². The third-order valence-corrected chi connectivity index (χ3v) is 2.61. The Morgan fingerprint density at radius 3 is 2.83 bits per heavy atom. The number of carbonyl (C=O) groups excluding carboxylic acids is 1. The number of rotatable bonds is 4. The van der Waals surface area contributed by atoms with Gasteiger partial charge in [0, 0.05) is 5.56 Å². The number of aromatic nitrogens is 1. The van der Waals surface area contributed by atoms with Gasteiger partial charge in [0.25, 0.3) is 6.43 Å². The molecule has 1 rings (SSSR count). The fraction of sp³-hybridized carbons (Fsp3) is 0.364. The van der Waals surface area contributed by atoms with Crippen LogP contribution in [0.2, 0.25) is 0 Å². The zero-order valence-electron chi connectivity index (χ0n) is 9.41. The summed E-state index contributed by atoms with van der Waals surface area (Å²) < 4.78 is 30.2. The van der Waals surface area contributed by atoms with Crippen LogP contribution in [0.5, 0.6) is 0 Å². The molecular weight excluding hydrogens is 310 g/mol. The van der Waals surface area contributed by atoms with Gasteiger partial charge in [-0.15, -0.1) is 0 Å². The van der Waals surface area contributed by atoms with Crippen LogP contribution in [0, 0.1) is 11.3 Å². The van der Waals surface area contributed by atoms with Crippen LogP contribution >= 0.6 is 15.9 Å². The number of carbonyl (C=O) groups is 1. The Kier molecular flexibility index (Phi) is 5.16. The van der Waals surface area contributed by atoms with E-state index >= 15 is 0 Å². The fourth-order valence-electron chi connectivity index (χ4n) is 1.32. The van der Waals surface area contributed by atoms with E-state index in [1.54, 1.807) is 13.0 Å². The molecule has 4 nitrogen and oxygen atoms in total. The van der Waals surface area contributed by atoms with Crippen molar-refractivity contribution in [1.82, 2.24) is 4.98 Å². The lowest BCUT2D eigenvalue weighted by atomic mass is 10.1. The zero-order valence-corrected chi connectivity index (χ0v) is 11.0. The van der Waals surface area contributed by atoms with Gasteiger partial charge in [0.1, 0.15) is 10.7 Å². The SMILES string of the molecule is CCOC(=O)Cc1cc(C(F)F)c(C#N)c(Br)n1. The summed E-state index contributed by atoms with van der Waals surface area (Å²) in [7, 11) is 0. The Labute approximate surface area is 111 Å². The number of pyridine rings is 1. The van der Waals surface area contributed by atoms with Gasteiger partial charge in [-0.25, -0.2) is 13.8 Å². The Hall–Kier alpha value is -1.55. The van der Waals surface area contributed by atoms with Crippen LogP contribution in [0.1, 0.15) is 30.2 Å². The van der Waals surface area contributed by atoms with Gasteiger partial charge >= 0.3 is 5.97 Å². The second-order valence-electron chi connectivity index (χ2n) is 3.26. The fourth-order valence-corrected chi connectivity index (χ4v) is 1.86. The molecule has 0 atom stereocenters. The van der Waals surface area contributed by atoms with Crippen molar-refractivity contribution in [3.05, 3.63) is 27.5 Å². The van der Waals surface area contributed by atoms with Crippen molar-refractivity contribution in [3.8, 4) is 6.07 Å². The summed E-state index contributed by atoms with van der Waals surface area (Å²) in [5, 5.41) is 8.76. The van der Waals surface area contributed by atoms with Gasteiger partial charge < -0.3 is 4.74 Å². The van der Waals surface area contributed by atoms with E-state index in [1.807, 2.05) is 0 Å². The van der Waals surface area contributed by atoms with Crippen LogP contribution in [0.3, 0.4) is 0 Å². The van der Waals surface area contributed by atoms with Gasteiger partial charge in [-0.05, 0) is 28.9 Å². The Bertz CT molecular complexity index is 501. The minimum Gasteiger partial charge on any atom is -0.466 e. The first kappa shape index (κ1) is 14.5. The number of hydrogen-bond donors (Lipinski definition) is 0. The van der Waals surface area contributed by atoms with E-state index in [-0.39, 0.29) is 28.9 Å². The van der Waals surface area contributed by atoms with Gasteiger partial charge in [-0.1, -0.05) is 0 Å². The van der Waals surface area contributed by atoms with Gasteiger partial charge in [0.05, 0.1) is 24.3 Å². The molecule has 0 saturated carbocycles. The third-order valence-electron chi connectivity index (χ3n) is 2.04. The molecule has 0 saturated heterocycles. The van der Waals surface area contributed by atoms with Crippen molar-refractivity contribution >= 4 is 21.9 Å². The molecule has 96 valence electrons. The van der Waals surface area contributed by atoms with E-state index in [1.165, 1.54) is 0 Å². The van der Waals surface area contributed by atoms with Crippen molar-refractivity contribution < 1.29 is 18.3 Å². The second-order valence-corrected chi connectivity index (χ2v) is 4.01. The molecule has 0 aromatic carbocycles. The van der Waals surface area contributed by atoms with E-state index in [0.717, 1.165) is 6.07 Å². The summed E-state index contributed by atoms with van der Waals surface area (Å²) in [5.41, 5.74) is -0.536. The van der Waals surface area contributed by atoms with E-state index in [2.05, 4.69) is 20.9 Å². The molecule has 0 spiro atoms. The highest BCUT2D eigenvalue weighted by Gasteiger charge is 2.19. The molecule has 7 heteroatoms. The van der Waals surface area contributed by atoms with Gasteiger partial charge in [-0.2, -0.15) is 5.26 Å². The third kappa shape index (κ3) is 3.47. The predicted molar refractivity (Wildman–Crippen MR) is 61.9 cm³/mol. The van der Waals surface area contributed by atoms with Crippen LogP contribution in [0.25, 0.3) is 0 Å². The quantitative estimate of drug-likeness (QED) is 0.632. The molecule has 0 amide bonds. The molecule has 0 N–H and O–H groups in total. The van der Waals surface area contributed by atoms with Crippen LogP contribution < -0.4 is 0 Å². The maximum Gasteiger partial charge on any atom is 0.311 e. The second kappa shape index (κ2) is 6.40. The summed E-state index contributed by atoms with van der Waals surface area (Å²) in [5.74, 6) is -0.554. The number of ether oxygens (including phenoxy) is 1. The molecule has 0 bridgehead atoms. The first-order chi connectivity index (χ1) is 8.49. The number of nitriles is 1. The molecule has 0 unspecified atom stereocenters. The monoisotopic (exact) mass is 318 g/mol. The largest absolute Gasteiger partial charge is 0.466 e. The van der Waals surface area contributed by atoms with Crippen molar-refractivity contribution in [3.63, 3.8) is 0 Å². The maximum atomic E-state index is 12.7. The van der Waals surface area contributed by atoms with Crippen LogP contribution in [0.15, 0.2) is 10.7 Å². The van der Waals surface area contributed by atoms with Crippen LogP contribution in [-0.2, 0) is 16.0 Å². The van der Waals surface area contributed by atoms with Crippen molar-refractivity contribution in [2.45, 2.75) is 19.8 Å². The van der Waals surface area contributed by atoms with Crippen molar-refractivity contribution in [1.29, 1.82) is 5.26 Å². The van der Waals surface area contributed by atoms with Gasteiger partial charge in [0.2, 0.25) is 0 Å². The Morgan fingerprint density at radius 1 is 1.67 bits per heavy atom. The molecule has 1 aromatic heterocycles. The summed E-state index contributed by atoms with van der Waals surface area (Å²) >= 11 is 2.94. The van der Waals surface area contributed by atoms with Crippen molar-refractivity contribution in [2.75, 3.05) is 6.61 Å². The predicted octanol–water partition coefficient (Wildman–Crippen LogP) is 2.76. The Balaban J connectivity index is 3.10. The normalized spacial score (nSPS) is 10.2. The molecule has 1 heterocycles. The lowest BCUT2D eigenvalue weighted by molar-refractivity contribution is -0.142. The summed E-state index contributed by atoms with van der Waals surface area (Å²) in [4.78, 5) is 15.1. The molecule has 18 heavy (non-hydrogen) atoms. The summed E-state index contributed by atoms with van der Waals surface area (Å²) in [6.07, 6.45) is -3.02. The van der Waals surface area contributed by atoms with Crippen molar-refractivity contribution in [2.24, 2.45) is 0 Å². The number of halogens is 3. The first-order valence-corrected chi connectivity index (χ1v) is 5.82. The number of esters is 1. The molecule has 1 aromatic rings. The standard InChI is InChI=1S/C11H9BrF2N2O2/c1-2-18-9(17)4-6-3-7(11(13)14)8(5-15)10(12)16-6/h3,11H,2,4H2,1H3. The lowest BCUT2D eigenvalue weighted by Gasteiger charge is -2.08. The average molecular weight is 319 g/mol. The van der Waals surface area contributed by atoms with Crippen LogP contribution in [0.4, 0.5) is 8.78 Å². The van der Waals surface area contributed by atoms with E-state index < -0.39 is 18.0 Å². The molecular formula is C11H9BrF2N2O2. The first-order valence-electron chi connectivity index (χ1n) is 5.02. The topological polar surface area (TPSA) is 63.0 Å². The minimum absolute atomic E-state index is 0.00194. The highest BCUT2D eigenvalue weighted by Crippen LogP contribution is 2.27. The molecule has 0 radical (unpaired) electrons. The molecule has 0 fully saturated rings. The lowest BCUT2D eigenvalue weighted by Crippen LogP contribution is -2.10. The summed E-state index contributed by atoms with van der Waals surface area (Å²) in [6.45, 7) is 1.85. The highest BCUT2D eigenvalue weighted by atomic mass is 79.9. The zero-order chi connectivity index (χ0) is 13.7. The van der Waals surface area contributed by atoms with Gasteiger partial charge in [-0.3, -0.25) is 4.79 Å². The smallest absolute Gasteiger partial charge is 0.311 e. The molecule has 0 aliphatic carbocycles. The van der Waals surface area contributed by atoms with E-state index in [4.69, 9.17) is 10.00 Å². The van der Waals surface area contributed by atoms with Crippen LogP contribution in [-0.4, -0.2) is 17.6 Å². The molecule has 0 aliphatic rings. The minimum atomic E-state index is -2.81. The molecule has 0 aliphatic heterocycles. The maximum absolute atomic E-state index is 12.7. The van der Waals surface area contributed by atoms with E-state index in [0.29, 0.717) is 0 Å². The Morgan fingerprint density at radius 2 is 2.33 bits per heavy atom. The summed E-state index contributed by atoms with van der Waals surface area (Å²) in [6, 6.07) is 2.69.